The van der Waals surface area contributed by atoms with Crippen LogP contribution in [-0.4, -0.2) is 26.1 Å². The number of nitro benzene ring substituents is 1. The molecule has 4 aromatic rings. The van der Waals surface area contributed by atoms with Crippen LogP contribution < -0.4 is 11.0 Å². The fourth-order valence-corrected chi connectivity index (χ4v) is 3.35. The summed E-state index contributed by atoms with van der Waals surface area (Å²) in [6, 6.07) is 22.0. The third kappa shape index (κ3) is 4.67. The molecule has 0 unspecified atom stereocenters. The van der Waals surface area contributed by atoms with Gasteiger partial charge in [0, 0.05) is 17.7 Å². The van der Waals surface area contributed by atoms with Gasteiger partial charge in [-0.3, -0.25) is 24.3 Å². The molecule has 1 aromatic heterocycles. The van der Waals surface area contributed by atoms with Crippen LogP contribution in [0.5, 0.6) is 0 Å². The molecule has 0 atom stereocenters. The van der Waals surface area contributed by atoms with Crippen LogP contribution in [0, 0.1) is 10.1 Å². The van der Waals surface area contributed by atoms with Gasteiger partial charge < -0.3 is 0 Å². The first-order valence-electron chi connectivity index (χ1n) is 10.1. The molecule has 1 heterocycles. The summed E-state index contributed by atoms with van der Waals surface area (Å²) in [6.07, 6.45) is 0. The SMILES string of the molecule is C/C(=N/NC(=O)c1nc2ccccc2c(=O)n1Cc1ccccc1)c1cccc([N+](=O)[O-])c1. The Labute approximate surface area is 188 Å². The Morgan fingerprint density at radius 2 is 1.79 bits per heavy atom. The van der Waals surface area contributed by atoms with Crippen LogP contribution in [0.3, 0.4) is 0 Å². The molecule has 33 heavy (non-hydrogen) atoms. The second-order valence-electron chi connectivity index (χ2n) is 7.28. The van der Waals surface area contributed by atoms with Gasteiger partial charge in [0.2, 0.25) is 5.82 Å². The van der Waals surface area contributed by atoms with Crippen molar-refractivity contribution >= 4 is 28.2 Å². The maximum Gasteiger partial charge on any atom is 0.307 e. The van der Waals surface area contributed by atoms with E-state index in [2.05, 4.69) is 15.5 Å². The van der Waals surface area contributed by atoms with Gasteiger partial charge in [0.15, 0.2) is 0 Å². The summed E-state index contributed by atoms with van der Waals surface area (Å²) in [4.78, 5) is 41.1. The van der Waals surface area contributed by atoms with E-state index in [1.165, 1.54) is 22.8 Å². The molecule has 0 saturated heterocycles. The lowest BCUT2D eigenvalue weighted by Crippen LogP contribution is -2.32. The van der Waals surface area contributed by atoms with Gasteiger partial charge in [-0.05, 0) is 24.6 Å². The van der Waals surface area contributed by atoms with Gasteiger partial charge in [-0.15, -0.1) is 0 Å². The highest BCUT2D eigenvalue weighted by Gasteiger charge is 2.18. The van der Waals surface area contributed by atoms with Crippen LogP contribution in [0.15, 0.2) is 88.8 Å². The number of carbonyl (C=O) groups is 1. The molecule has 0 aliphatic carbocycles. The summed E-state index contributed by atoms with van der Waals surface area (Å²) in [5.74, 6) is -0.753. The molecule has 0 aliphatic rings. The van der Waals surface area contributed by atoms with E-state index < -0.39 is 10.8 Å². The van der Waals surface area contributed by atoms with Crippen molar-refractivity contribution in [1.82, 2.24) is 15.0 Å². The van der Waals surface area contributed by atoms with Crippen molar-refractivity contribution < 1.29 is 9.72 Å². The number of nitro groups is 1. The number of carbonyl (C=O) groups excluding carboxylic acids is 1. The van der Waals surface area contributed by atoms with Gasteiger partial charge in [0.1, 0.15) is 0 Å². The standard InChI is InChI=1S/C24H19N5O4/c1-16(18-10-7-11-19(14-18)29(32)33)26-27-23(30)22-25-21-13-6-5-12-20(21)24(31)28(22)15-17-8-3-2-4-9-17/h2-14H,15H2,1H3,(H,27,30)/b26-16-. The average molecular weight is 441 g/mol. The van der Waals surface area contributed by atoms with E-state index in [0.717, 1.165) is 5.56 Å². The number of benzene rings is 3. The topological polar surface area (TPSA) is 119 Å². The second kappa shape index (κ2) is 9.23. The number of aromatic nitrogens is 2. The number of non-ortho nitro benzene ring substituents is 1. The third-order valence-corrected chi connectivity index (χ3v) is 5.05. The predicted molar refractivity (Wildman–Crippen MR) is 124 cm³/mol. The molecule has 4 rings (SSSR count). The Kier molecular flexibility index (Phi) is 6.03. The molecule has 1 N–H and O–H groups in total. The van der Waals surface area contributed by atoms with Crippen molar-refractivity contribution in [3.8, 4) is 0 Å². The molecule has 0 radical (unpaired) electrons. The average Bonchev–Trinajstić information content (AvgIpc) is 2.84. The summed E-state index contributed by atoms with van der Waals surface area (Å²) >= 11 is 0. The van der Waals surface area contributed by atoms with Gasteiger partial charge in [-0.2, -0.15) is 5.10 Å². The van der Waals surface area contributed by atoms with Crippen LogP contribution in [0.2, 0.25) is 0 Å². The summed E-state index contributed by atoms with van der Waals surface area (Å²) in [7, 11) is 0. The number of hydrogen-bond acceptors (Lipinski definition) is 6. The minimum atomic E-state index is -0.668. The minimum absolute atomic E-state index is 0.0822. The first kappa shape index (κ1) is 21.6. The molecular weight excluding hydrogens is 422 g/mol. The number of para-hydroxylation sites is 1. The minimum Gasteiger partial charge on any atom is -0.283 e. The van der Waals surface area contributed by atoms with E-state index in [0.29, 0.717) is 22.2 Å². The molecule has 0 spiro atoms. The highest BCUT2D eigenvalue weighted by atomic mass is 16.6. The van der Waals surface area contributed by atoms with E-state index in [1.807, 2.05) is 30.3 Å². The number of fused-ring (bicyclic) bond motifs is 1. The van der Waals surface area contributed by atoms with E-state index >= 15 is 0 Å². The van der Waals surface area contributed by atoms with Gasteiger partial charge in [-0.1, -0.05) is 54.6 Å². The monoisotopic (exact) mass is 441 g/mol. The summed E-state index contributed by atoms with van der Waals surface area (Å²) < 4.78 is 1.31. The predicted octanol–water partition coefficient (Wildman–Crippen LogP) is 3.51. The number of nitrogens with one attached hydrogen (secondary N) is 1. The number of hydrazone groups is 1. The van der Waals surface area contributed by atoms with Crippen LogP contribution in [-0.2, 0) is 6.54 Å². The Hall–Kier alpha value is -4.66. The van der Waals surface area contributed by atoms with Crippen molar-refractivity contribution in [3.63, 3.8) is 0 Å². The Bertz CT molecular complexity index is 1440. The molecule has 0 bridgehead atoms. The van der Waals surface area contributed by atoms with Gasteiger partial charge in [0.05, 0.1) is 28.1 Å². The van der Waals surface area contributed by atoms with Gasteiger partial charge >= 0.3 is 5.91 Å². The van der Waals surface area contributed by atoms with Crippen LogP contribution in [0.1, 0.15) is 28.7 Å². The third-order valence-electron chi connectivity index (χ3n) is 5.05. The second-order valence-corrected chi connectivity index (χ2v) is 7.28. The van der Waals surface area contributed by atoms with Crippen LogP contribution in [0.4, 0.5) is 5.69 Å². The lowest BCUT2D eigenvalue weighted by atomic mass is 10.1. The fraction of sp³-hybridized carbons (Fsp3) is 0.0833. The number of hydrogen-bond donors (Lipinski definition) is 1. The zero-order chi connectivity index (χ0) is 23.4. The molecule has 0 fully saturated rings. The number of nitrogens with zero attached hydrogens (tertiary/aromatic N) is 4. The quantitative estimate of drug-likeness (QED) is 0.279. The first-order chi connectivity index (χ1) is 15.9. The fourth-order valence-electron chi connectivity index (χ4n) is 3.35. The smallest absolute Gasteiger partial charge is 0.283 e. The van der Waals surface area contributed by atoms with Crippen molar-refractivity contribution in [1.29, 1.82) is 0 Å². The van der Waals surface area contributed by atoms with Crippen molar-refractivity contribution in [2.24, 2.45) is 5.10 Å². The zero-order valence-corrected chi connectivity index (χ0v) is 17.6. The highest BCUT2D eigenvalue weighted by molar-refractivity contribution is 6.00. The van der Waals surface area contributed by atoms with E-state index in [1.54, 1.807) is 37.3 Å². The molecule has 0 aliphatic heterocycles. The molecule has 9 heteroatoms. The molecular formula is C24H19N5O4. The molecule has 3 aromatic carbocycles. The normalized spacial score (nSPS) is 11.4. The van der Waals surface area contributed by atoms with E-state index in [9.17, 15) is 19.7 Å². The Morgan fingerprint density at radius 1 is 1.06 bits per heavy atom. The molecule has 164 valence electrons. The van der Waals surface area contributed by atoms with E-state index in [4.69, 9.17) is 0 Å². The summed E-state index contributed by atoms with van der Waals surface area (Å²) in [6.45, 7) is 1.78. The zero-order valence-electron chi connectivity index (χ0n) is 17.6. The first-order valence-corrected chi connectivity index (χ1v) is 10.1. The van der Waals surface area contributed by atoms with Crippen molar-refractivity contribution in [3.05, 3.63) is 116 Å². The van der Waals surface area contributed by atoms with E-state index in [-0.39, 0.29) is 23.6 Å². The Balaban J connectivity index is 1.70. The van der Waals surface area contributed by atoms with Crippen molar-refractivity contribution in [2.45, 2.75) is 13.5 Å². The summed E-state index contributed by atoms with van der Waals surface area (Å²) in [5.41, 5.74) is 4.08. The van der Waals surface area contributed by atoms with Crippen LogP contribution in [0.25, 0.3) is 10.9 Å². The molecule has 0 saturated carbocycles. The maximum atomic E-state index is 13.2. The lowest BCUT2D eigenvalue weighted by molar-refractivity contribution is -0.384. The van der Waals surface area contributed by atoms with Gasteiger partial charge in [-0.25, -0.2) is 10.4 Å². The summed E-state index contributed by atoms with van der Waals surface area (Å²) in [5, 5.41) is 15.5. The Morgan fingerprint density at radius 3 is 2.55 bits per heavy atom. The highest BCUT2D eigenvalue weighted by Crippen LogP contribution is 2.14. The van der Waals surface area contributed by atoms with Crippen molar-refractivity contribution in [2.75, 3.05) is 0 Å². The lowest BCUT2D eigenvalue weighted by Gasteiger charge is -2.13. The van der Waals surface area contributed by atoms with Gasteiger partial charge in [0.25, 0.3) is 11.2 Å². The molecule has 1 amide bonds. The van der Waals surface area contributed by atoms with Crippen LogP contribution >= 0.6 is 0 Å². The largest absolute Gasteiger partial charge is 0.307 e. The number of amides is 1. The molecule has 9 nitrogen and oxygen atoms in total. The number of rotatable bonds is 6. The maximum absolute atomic E-state index is 13.2.